The first kappa shape index (κ1) is 22.0. The third-order valence-electron chi connectivity index (χ3n) is 5.34. The molecule has 0 unspecified atom stereocenters. The summed E-state index contributed by atoms with van der Waals surface area (Å²) in [5.41, 5.74) is 3.84. The van der Waals surface area contributed by atoms with Gasteiger partial charge < -0.3 is 4.74 Å². The maximum absolute atomic E-state index is 12.9. The lowest BCUT2D eigenvalue weighted by molar-refractivity contribution is 0.0342. The van der Waals surface area contributed by atoms with Gasteiger partial charge in [0.05, 0.1) is 18.1 Å². The summed E-state index contributed by atoms with van der Waals surface area (Å²) in [6.45, 7) is 12.7. The van der Waals surface area contributed by atoms with E-state index in [1.807, 2.05) is 31.2 Å². The van der Waals surface area contributed by atoms with Crippen LogP contribution in [0, 0.1) is 6.92 Å². The van der Waals surface area contributed by atoms with Gasteiger partial charge in [0, 0.05) is 26.2 Å². The lowest BCUT2D eigenvalue weighted by atomic mass is 9.87. The average Bonchev–Trinajstić information content (AvgIpc) is 2.67. The van der Waals surface area contributed by atoms with Crippen molar-refractivity contribution < 1.29 is 13.2 Å². The van der Waals surface area contributed by atoms with Crippen LogP contribution in [-0.2, 0) is 33.3 Å². The molecular weight excluding hydrogens is 384 g/mol. The number of morpholine rings is 1. The van der Waals surface area contributed by atoms with Crippen molar-refractivity contribution in [2.75, 3.05) is 26.3 Å². The van der Waals surface area contributed by atoms with Crippen LogP contribution in [0.4, 0.5) is 0 Å². The molecule has 0 aromatic heterocycles. The lowest BCUT2D eigenvalue weighted by Gasteiger charge is -2.26. The molecule has 3 rings (SSSR count). The van der Waals surface area contributed by atoms with Crippen molar-refractivity contribution in [3.05, 3.63) is 64.7 Å². The molecule has 1 fully saturated rings. The van der Waals surface area contributed by atoms with Crippen molar-refractivity contribution in [3.63, 3.8) is 0 Å². The predicted molar refractivity (Wildman–Crippen MR) is 116 cm³/mol. The van der Waals surface area contributed by atoms with E-state index < -0.39 is 10.0 Å². The quantitative estimate of drug-likeness (QED) is 0.782. The molecule has 1 heterocycles. The molecule has 1 aliphatic heterocycles. The van der Waals surface area contributed by atoms with Crippen molar-refractivity contribution in [2.24, 2.45) is 0 Å². The Balaban J connectivity index is 1.66. The monoisotopic (exact) mass is 416 g/mol. The minimum absolute atomic E-state index is 0.103. The van der Waals surface area contributed by atoms with Gasteiger partial charge in [-0.05, 0) is 40.7 Å². The summed E-state index contributed by atoms with van der Waals surface area (Å²) in [4.78, 5) is 2.72. The number of nitrogens with one attached hydrogen (secondary N) is 1. The van der Waals surface area contributed by atoms with Crippen molar-refractivity contribution in [1.29, 1.82) is 0 Å². The van der Waals surface area contributed by atoms with Gasteiger partial charge in [-0.2, -0.15) is 0 Å². The third kappa shape index (κ3) is 5.89. The first-order valence-electron chi connectivity index (χ1n) is 10.1. The van der Waals surface area contributed by atoms with Crippen LogP contribution in [0.3, 0.4) is 0 Å². The Bertz CT molecular complexity index is 926. The Morgan fingerprint density at radius 3 is 2.24 bits per heavy atom. The fourth-order valence-electron chi connectivity index (χ4n) is 3.39. The van der Waals surface area contributed by atoms with E-state index in [1.54, 1.807) is 6.07 Å². The van der Waals surface area contributed by atoms with E-state index >= 15 is 0 Å². The molecule has 0 aliphatic carbocycles. The number of hydrogen-bond donors (Lipinski definition) is 1. The Hall–Kier alpha value is -1.73. The number of ether oxygens (including phenoxy) is 1. The molecule has 2 aromatic carbocycles. The SMILES string of the molecule is Cc1ccc(C(C)(C)C)cc1S(=O)(=O)NCc1ccc(CN2CCOCC2)cc1. The summed E-state index contributed by atoms with van der Waals surface area (Å²) in [5.74, 6) is 0. The fourth-order valence-corrected chi connectivity index (χ4v) is 4.68. The summed E-state index contributed by atoms with van der Waals surface area (Å²) < 4.78 is 34.0. The van der Waals surface area contributed by atoms with Crippen LogP contribution in [0.15, 0.2) is 47.4 Å². The molecule has 0 radical (unpaired) electrons. The van der Waals surface area contributed by atoms with E-state index in [9.17, 15) is 8.42 Å². The predicted octanol–water partition coefficient (Wildman–Crippen LogP) is 3.60. The molecule has 2 aromatic rings. The maximum atomic E-state index is 12.9. The molecule has 0 spiro atoms. The Kier molecular flexibility index (Phi) is 6.79. The second-order valence-corrected chi connectivity index (χ2v) is 10.5. The van der Waals surface area contributed by atoms with E-state index in [2.05, 4.69) is 42.5 Å². The molecule has 29 heavy (non-hydrogen) atoms. The zero-order chi connectivity index (χ0) is 21.1. The van der Waals surface area contributed by atoms with Gasteiger partial charge in [0.2, 0.25) is 10.0 Å². The molecule has 158 valence electrons. The minimum atomic E-state index is -3.58. The maximum Gasteiger partial charge on any atom is 0.241 e. The van der Waals surface area contributed by atoms with Gasteiger partial charge in [-0.25, -0.2) is 13.1 Å². The lowest BCUT2D eigenvalue weighted by Crippen LogP contribution is -2.35. The molecule has 0 bridgehead atoms. The minimum Gasteiger partial charge on any atom is -0.379 e. The highest BCUT2D eigenvalue weighted by atomic mass is 32.2. The number of nitrogens with zero attached hydrogens (tertiary/aromatic N) is 1. The summed E-state index contributed by atoms with van der Waals surface area (Å²) in [5, 5.41) is 0. The Morgan fingerprint density at radius 2 is 1.62 bits per heavy atom. The molecule has 0 saturated carbocycles. The Labute approximate surface area is 175 Å². The highest BCUT2D eigenvalue weighted by Crippen LogP contribution is 2.26. The average molecular weight is 417 g/mol. The van der Waals surface area contributed by atoms with Crippen LogP contribution in [0.25, 0.3) is 0 Å². The molecule has 5 nitrogen and oxygen atoms in total. The van der Waals surface area contributed by atoms with Crippen LogP contribution >= 0.6 is 0 Å². The van der Waals surface area contributed by atoms with Crippen LogP contribution < -0.4 is 4.72 Å². The van der Waals surface area contributed by atoms with E-state index in [0.29, 0.717) is 4.90 Å². The van der Waals surface area contributed by atoms with Crippen LogP contribution in [0.1, 0.15) is 43.0 Å². The Morgan fingerprint density at radius 1 is 1.00 bits per heavy atom. The highest BCUT2D eigenvalue weighted by molar-refractivity contribution is 7.89. The standard InChI is InChI=1S/C23H32N2O3S/c1-18-5-10-21(23(2,3)4)15-22(18)29(26,27)24-16-19-6-8-20(9-7-19)17-25-11-13-28-14-12-25/h5-10,15,24H,11-14,16-17H2,1-4H3. The highest BCUT2D eigenvalue weighted by Gasteiger charge is 2.21. The summed E-state index contributed by atoms with van der Waals surface area (Å²) in [6.07, 6.45) is 0. The topological polar surface area (TPSA) is 58.6 Å². The molecule has 1 N–H and O–H groups in total. The molecular formula is C23H32N2O3S. The zero-order valence-corrected chi connectivity index (χ0v) is 18.7. The number of rotatable bonds is 6. The van der Waals surface area contributed by atoms with Crippen molar-refractivity contribution >= 4 is 10.0 Å². The molecule has 1 aliphatic rings. The third-order valence-corrected chi connectivity index (χ3v) is 6.89. The van der Waals surface area contributed by atoms with E-state index in [4.69, 9.17) is 4.74 Å². The second-order valence-electron chi connectivity index (χ2n) is 8.76. The normalized spacial score (nSPS) is 16.1. The van der Waals surface area contributed by atoms with Crippen LogP contribution in [-0.4, -0.2) is 39.6 Å². The van der Waals surface area contributed by atoms with Crippen LogP contribution in [0.5, 0.6) is 0 Å². The summed E-state index contributed by atoms with van der Waals surface area (Å²) in [6, 6.07) is 13.8. The number of aryl methyl sites for hydroxylation is 1. The summed E-state index contributed by atoms with van der Waals surface area (Å²) >= 11 is 0. The van der Waals surface area contributed by atoms with Gasteiger partial charge in [0.25, 0.3) is 0 Å². The van der Waals surface area contributed by atoms with Crippen molar-refractivity contribution in [1.82, 2.24) is 9.62 Å². The van der Waals surface area contributed by atoms with Gasteiger partial charge in [0.1, 0.15) is 0 Å². The van der Waals surface area contributed by atoms with E-state index in [-0.39, 0.29) is 12.0 Å². The number of hydrogen-bond acceptors (Lipinski definition) is 4. The van der Waals surface area contributed by atoms with Gasteiger partial charge in [-0.1, -0.05) is 57.2 Å². The molecule has 1 saturated heterocycles. The number of benzene rings is 2. The van der Waals surface area contributed by atoms with Gasteiger partial charge in [0.15, 0.2) is 0 Å². The molecule has 0 atom stereocenters. The van der Waals surface area contributed by atoms with E-state index in [1.165, 1.54) is 5.56 Å². The number of sulfonamides is 1. The molecule has 6 heteroatoms. The molecule has 0 amide bonds. The van der Waals surface area contributed by atoms with Crippen molar-refractivity contribution in [2.45, 2.75) is 51.1 Å². The van der Waals surface area contributed by atoms with Gasteiger partial charge in [-0.15, -0.1) is 0 Å². The van der Waals surface area contributed by atoms with Gasteiger partial charge >= 0.3 is 0 Å². The van der Waals surface area contributed by atoms with E-state index in [0.717, 1.165) is 49.5 Å². The van der Waals surface area contributed by atoms with Crippen LogP contribution in [0.2, 0.25) is 0 Å². The van der Waals surface area contributed by atoms with Gasteiger partial charge in [-0.3, -0.25) is 4.90 Å². The first-order chi connectivity index (χ1) is 13.6. The summed E-state index contributed by atoms with van der Waals surface area (Å²) in [7, 11) is -3.58. The second kappa shape index (κ2) is 8.96. The largest absolute Gasteiger partial charge is 0.379 e. The van der Waals surface area contributed by atoms with Crippen molar-refractivity contribution in [3.8, 4) is 0 Å². The zero-order valence-electron chi connectivity index (χ0n) is 17.9. The smallest absolute Gasteiger partial charge is 0.241 e. The first-order valence-corrected chi connectivity index (χ1v) is 11.6. The fraction of sp³-hybridized carbons (Fsp3) is 0.478.